The number of anilines is 1. The third kappa shape index (κ3) is 14.7. The molecule has 0 radical (unpaired) electrons. The van der Waals surface area contributed by atoms with Crippen LogP contribution >= 0.6 is 0 Å². The van der Waals surface area contributed by atoms with E-state index in [2.05, 4.69) is 12.2 Å². The Morgan fingerprint density at radius 3 is 1.87 bits per heavy atom. The monoisotopic (exact) mass is 574 g/mol. The van der Waals surface area contributed by atoms with Crippen molar-refractivity contribution in [3.05, 3.63) is 29.3 Å². The van der Waals surface area contributed by atoms with E-state index >= 15 is 0 Å². The van der Waals surface area contributed by atoms with Crippen LogP contribution in [-0.4, -0.2) is 36.5 Å². The number of nitrogens with zero attached hydrogens (tertiary/aromatic N) is 1. The van der Waals surface area contributed by atoms with Gasteiger partial charge in [-0.2, -0.15) is 18.4 Å². The summed E-state index contributed by atoms with van der Waals surface area (Å²) in [5, 5.41) is 21.7. The molecular weight excluding hydrogens is 529 g/mol. The highest BCUT2D eigenvalue weighted by molar-refractivity contribution is 7.91. The number of alkyl halides is 3. The molecule has 0 aliphatic rings. The van der Waals surface area contributed by atoms with Crippen molar-refractivity contribution >= 4 is 21.4 Å². The van der Waals surface area contributed by atoms with Crippen molar-refractivity contribution in [3.8, 4) is 6.07 Å². The molecule has 1 aromatic rings. The Labute approximate surface area is 232 Å². The second kappa shape index (κ2) is 17.5. The van der Waals surface area contributed by atoms with E-state index in [4.69, 9.17) is 5.26 Å². The fourth-order valence-corrected chi connectivity index (χ4v) is 5.88. The molecule has 1 rings (SSSR count). The van der Waals surface area contributed by atoms with Crippen LogP contribution in [0, 0.1) is 11.3 Å². The summed E-state index contributed by atoms with van der Waals surface area (Å²) in [6.45, 7) is 3.47. The number of amides is 1. The lowest BCUT2D eigenvalue weighted by molar-refractivity contribution is -0.138. The van der Waals surface area contributed by atoms with Crippen molar-refractivity contribution in [1.29, 1.82) is 5.26 Å². The Balaban J connectivity index is 2.19. The first-order valence-corrected chi connectivity index (χ1v) is 16.0. The van der Waals surface area contributed by atoms with Crippen LogP contribution in [0.3, 0.4) is 0 Å². The van der Waals surface area contributed by atoms with Crippen molar-refractivity contribution in [2.75, 3.05) is 16.8 Å². The first-order valence-electron chi connectivity index (χ1n) is 14.2. The van der Waals surface area contributed by atoms with E-state index in [1.807, 2.05) is 0 Å². The van der Waals surface area contributed by atoms with Gasteiger partial charge in [0.1, 0.15) is 15.4 Å². The fraction of sp³-hybridized carbons (Fsp3) is 0.724. The summed E-state index contributed by atoms with van der Waals surface area (Å²) in [6, 6.07) is 4.38. The minimum Gasteiger partial charge on any atom is -0.380 e. The van der Waals surface area contributed by atoms with Gasteiger partial charge in [0.05, 0.1) is 28.7 Å². The van der Waals surface area contributed by atoms with Crippen molar-refractivity contribution in [3.63, 3.8) is 0 Å². The molecule has 0 saturated carbocycles. The van der Waals surface area contributed by atoms with Gasteiger partial charge in [-0.1, -0.05) is 84.0 Å². The van der Waals surface area contributed by atoms with Crippen molar-refractivity contribution in [1.82, 2.24) is 0 Å². The number of rotatable bonds is 20. The van der Waals surface area contributed by atoms with Crippen LogP contribution in [0.2, 0.25) is 0 Å². The maximum Gasteiger partial charge on any atom is 0.417 e. The van der Waals surface area contributed by atoms with Crippen LogP contribution in [-0.2, 0) is 20.8 Å². The summed E-state index contributed by atoms with van der Waals surface area (Å²) in [6.07, 6.45) is 8.70. The highest BCUT2D eigenvalue weighted by Gasteiger charge is 2.35. The maximum absolute atomic E-state index is 13.1. The smallest absolute Gasteiger partial charge is 0.380 e. The van der Waals surface area contributed by atoms with E-state index in [0.29, 0.717) is 24.7 Å². The zero-order valence-electron chi connectivity index (χ0n) is 23.4. The molecule has 10 heteroatoms. The average molecular weight is 575 g/mol. The molecule has 1 amide bonds. The summed E-state index contributed by atoms with van der Waals surface area (Å²) >= 11 is 0. The zero-order valence-corrected chi connectivity index (χ0v) is 24.2. The molecule has 39 heavy (non-hydrogen) atoms. The Morgan fingerprint density at radius 2 is 1.38 bits per heavy atom. The van der Waals surface area contributed by atoms with Gasteiger partial charge < -0.3 is 10.4 Å². The number of aliphatic hydroxyl groups is 1. The second-order valence-corrected chi connectivity index (χ2v) is 12.9. The van der Waals surface area contributed by atoms with Gasteiger partial charge in [0, 0.05) is 5.69 Å². The average Bonchev–Trinajstić information content (AvgIpc) is 2.86. The summed E-state index contributed by atoms with van der Waals surface area (Å²) in [5.74, 6) is -0.207. The lowest BCUT2D eigenvalue weighted by Crippen LogP contribution is -2.40. The van der Waals surface area contributed by atoms with Gasteiger partial charge in [0.15, 0.2) is 0 Å². The molecule has 0 saturated heterocycles. The SMILES string of the molecule is CCCCCCCS(=O)(=O)CCCCCCCCCCC[C@](C)(O)C(=O)Nc1ccc(C#N)c(C(F)(F)F)c1. The number of sulfone groups is 1. The predicted octanol–water partition coefficient (Wildman–Crippen LogP) is 7.55. The molecule has 1 atom stereocenters. The molecule has 0 aliphatic heterocycles. The number of unbranched alkanes of at least 4 members (excludes halogenated alkanes) is 12. The maximum atomic E-state index is 13.1. The fourth-order valence-electron chi connectivity index (χ4n) is 4.39. The van der Waals surface area contributed by atoms with Gasteiger partial charge in [-0.05, 0) is 44.4 Å². The van der Waals surface area contributed by atoms with E-state index in [1.165, 1.54) is 19.1 Å². The molecule has 0 aliphatic carbocycles. The minimum absolute atomic E-state index is 0.133. The Bertz CT molecular complexity index is 1020. The van der Waals surface area contributed by atoms with Gasteiger partial charge >= 0.3 is 6.18 Å². The third-order valence-corrected chi connectivity index (χ3v) is 8.69. The van der Waals surface area contributed by atoms with Crippen LogP contribution in [0.15, 0.2) is 18.2 Å². The summed E-state index contributed by atoms with van der Waals surface area (Å²) < 4.78 is 63.6. The minimum atomic E-state index is -4.73. The number of nitrogens with one attached hydrogen (secondary N) is 1. The molecule has 0 heterocycles. The van der Waals surface area contributed by atoms with Crippen molar-refractivity contribution in [2.45, 2.75) is 122 Å². The number of carbonyl (C=O) groups is 1. The second-order valence-electron chi connectivity index (χ2n) is 10.6. The summed E-state index contributed by atoms with van der Waals surface area (Å²) in [5.41, 5.74) is -3.54. The van der Waals surface area contributed by atoms with E-state index in [0.717, 1.165) is 83.1 Å². The third-order valence-electron chi connectivity index (χ3n) is 6.87. The number of halogens is 3. The molecule has 2 N–H and O–H groups in total. The van der Waals surface area contributed by atoms with Gasteiger partial charge in [0.25, 0.3) is 5.91 Å². The number of carbonyl (C=O) groups excluding carboxylic acids is 1. The number of nitriles is 1. The molecule has 0 unspecified atom stereocenters. The molecule has 0 aromatic heterocycles. The summed E-state index contributed by atoms with van der Waals surface area (Å²) in [7, 11) is -2.93. The van der Waals surface area contributed by atoms with Crippen LogP contribution in [0.4, 0.5) is 18.9 Å². The molecule has 1 aromatic carbocycles. The van der Waals surface area contributed by atoms with Crippen LogP contribution in [0.1, 0.15) is 121 Å². The van der Waals surface area contributed by atoms with Crippen LogP contribution in [0.5, 0.6) is 0 Å². The van der Waals surface area contributed by atoms with Crippen LogP contribution in [0.25, 0.3) is 0 Å². The predicted molar refractivity (Wildman–Crippen MR) is 149 cm³/mol. The number of hydrogen-bond donors (Lipinski definition) is 2. The standard InChI is InChI=1S/C29H45F3N2O4S/c1-3-4-5-12-15-20-39(37,38)21-16-13-10-8-6-7-9-11-14-19-28(2,36)27(35)34-25-18-17-24(23-33)26(22-25)29(30,31)32/h17-18,22,36H,3-16,19-21H2,1-2H3,(H,34,35)/t28-/m0/s1. The van der Waals surface area contributed by atoms with Gasteiger partial charge in [-0.25, -0.2) is 8.42 Å². The van der Waals surface area contributed by atoms with Crippen LogP contribution < -0.4 is 5.32 Å². The number of hydrogen-bond acceptors (Lipinski definition) is 5. The Morgan fingerprint density at radius 1 is 0.897 bits per heavy atom. The molecule has 6 nitrogen and oxygen atoms in total. The largest absolute Gasteiger partial charge is 0.417 e. The van der Waals surface area contributed by atoms with E-state index in [1.54, 1.807) is 0 Å². The molecular formula is C29H45F3N2O4S. The lowest BCUT2D eigenvalue weighted by atomic mass is 9.96. The highest BCUT2D eigenvalue weighted by atomic mass is 32.2. The van der Waals surface area contributed by atoms with E-state index in [9.17, 15) is 31.5 Å². The van der Waals surface area contributed by atoms with E-state index < -0.39 is 38.6 Å². The highest BCUT2D eigenvalue weighted by Crippen LogP contribution is 2.33. The lowest BCUT2D eigenvalue weighted by Gasteiger charge is -2.22. The van der Waals surface area contributed by atoms with Gasteiger partial charge in [0.2, 0.25) is 0 Å². The quantitative estimate of drug-likeness (QED) is 0.156. The number of benzene rings is 1. The Kier molecular flexibility index (Phi) is 15.7. The summed E-state index contributed by atoms with van der Waals surface area (Å²) in [4.78, 5) is 12.4. The molecule has 0 fully saturated rings. The Hall–Kier alpha value is -2.12. The zero-order chi connectivity index (χ0) is 29.4. The van der Waals surface area contributed by atoms with Gasteiger partial charge in [-0.15, -0.1) is 0 Å². The van der Waals surface area contributed by atoms with Crippen molar-refractivity contribution in [2.24, 2.45) is 0 Å². The van der Waals surface area contributed by atoms with Gasteiger partial charge in [-0.3, -0.25) is 4.79 Å². The first-order chi connectivity index (χ1) is 18.3. The molecule has 0 bridgehead atoms. The first kappa shape index (κ1) is 34.9. The molecule has 0 spiro atoms. The normalized spacial score (nSPS) is 13.6. The topological polar surface area (TPSA) is 107 Å². The molecule has 222 valence electrons. The van der Waals surface area contributed by atoms with Crippen molar-refractivity contribution < 1.29 is 31.5 Å². The van der Waals surface area contributed by atoms with E-state index in [-0.39, 0.29) is 17.9 Å².